The third-order valence-electron chi connectivity index (χ3n) is 3.11. The van der Waals surface area contributed by atoms with E-state index < -0.39 is 0 Å². The molecule has 2 unspecified atom stereocenters. The molecular formula is C12H20N4O. The highest BCUT2D eigenvalue weighted by molar-refractivity contribution is 5.06. The van der Waals surface area contributed by atoms with Crippen LogP contribution in [0.4, 0.5) is 0 Å². The topological polar surface area (TPSA) is 63.4 Å². The number of rotatable bonds is 4. The molecule has 2 heterocycles. The highest BCUT2D eigenvalue weighted by atomic mass is 16.5. The van der Waals surface area contributed by atoms with Gasteiger partial charge in [0.05, 0.1) is 18.8 Å². The zero-order valence-corrected chi connectivity index (χ0v) is 10.2. The van der Waals surface area contributed by atoms with Gasteiger partial charge in [-0.25, -0.2) is 0 Å². The molecule has 0 aromatic carbocycles. The molecule has 0 amide bonds. The van der Waals surface area contributed by atoms with Gasteiger partial charge in [0.2, 0.25) is 0 Å². The number of nitrogens with one attached hydrogen (secondary N) is 1. The summed E-state index contributed by atoms with van der Waals surface area (Å²) < 4.78 is 5.76. The van der Waals surface area contributed by atoms with Crippen molar-refractivity contribution >= 4 is 0 Å². The molecule has 0 bridgehead atoms. The van der Waals surface area contributed by atoms with E-state index in [1.807, 2.05) is 18.2 Å². The van der Waals surface area contributed by atoms with Crippen molar-refractivity contribution in [3.63, 3.8) is 0 Å². The average molecular weight is 236 g/mol. The zero-order valence-electron chi connectivity index (χ0n) is 10.2. The smallest absolute Gasteiger partial charge is 0.0872 e. The molecular weight excluding hydrogens is 216 g/mol. The number of aromatic nitrogens is 1. The average Bonchev–Trinajstić information content (AvgIpc) is 2.37. The first-order chi connectivity index (χ1) is 8.29. The van der Waals surface area contributed by atoms with Crippen molar-refractivity contribution in [3.05, 3.63) is 30.1 Å². The molecule has 1 aromatic heterocycles. The van der Waals surface area contributed by atoms with E-state index in [4.69, 9.17) is 10.6 Å². The summed E-state index contributed by atoms with van der Waals surface area (Å²) in [4.78, 5) is 6.58. The molecule has 5 nitrogen and oxygen atoms in total. The van der Waals surface area contributed by atoms with Crippen LogP contribution in [0.15, 0.2) is 24.4 Å². The van der Waals surface area contributed by atoms with Gasteiger partial charge in [-0.05, 0) is 19.2 Å². The number of hydrogen-bond donors (Lipinski definition) is 2. The molecule has 1 aliphatic rings. The van der Waals surface area contributed by atoms with E-state index in [0.717, 1.165) is 31.8 Å². The second-order valence-corrected chi connectivity index (χ2v) is 4.47. The van der Waals surface area contributed by atoms with Crippen LogP contribution in [0.5, 0.6) is 0 Å². The Balaban J connectivity index is 1.96. The molecule has 1 aromatic rings. The molecule has 1 saturated heterocycles. The van der Waals surface area contributed by atoms with Crippen LogP contribution in [0.25, 0.3) is 0 Å². The van der Waals surface area contributed by atoms with E-state index in [1.54, 1.807) is 6.20 Å². The normalized spacial score (nSPS) is 23.5. The molecule has 3 N–H and O–H groups in total. The van der Waals surface area contributed by atoms with Gasteiger partial charge in [-0.1, -0.05) is 6.07 Å². The van der Waals surface area contributed by atoms with Crippen LogP contribution in [-0.2, 0) is 11.2 Å². The Morgan fingerprint density at radius 1 is 1.65 bits per heavy atom. The van der Waals surface area contributed by atoms with Gasteiger partial charge in [0.1, 0.15) is 0 Å². The van der Waals surface area contributed by atoms with Crippen LogP contribution >= 0.6 is 0 Å². The molecule has 1 fully saturated rings. The van der Waals surface area contributed by atoms with E-state index in [0.29, 0.717) is 0 Å². The molecule has 0 radical (unpaired) electrons. The van der Waals surface area contributed by atoms with Crippen LogP contribution in [-0.4, -0.2) is 48.8 Å². The Kier molecular flexibility index (Phi) is 4.44. The van der Waals surface area contributed by atoms with Gasteiger partial charge >= 0.3 is 0 Å². The second kappa shape index (κ2) is 6.07. The predicted octanol–water partition coefficient (Wildman–Crippen LogP) is -0.213. The summed E-state index contributed by atoms with van der Waals surface area (Å²) in [6.45, 7) is 2.65. The Morgan fingerprint density at radius 3 is 3.18 bits per heavy atom. The first-order valence-electron chi connectivity index (χ1n) is 5.96. The monoisotopic (exact) mass is 236 g/mol. The fourth-order valence-corrected chi connectivity index (χ4v) is 2.10. The van der Waals surface area contributed by atoms with Gasteiger partial charge in [0, 0.05) is 31.4 Å². The molecule has 2 rings (SSSR count). The van der Waals surface area contributed by atoms with Crippen molar-refractivity contribution in [2.45, 2.75) is 18.6 Å². The van der Waals surface area contributed by atoms with Crippen molar-refractivity contribution in [3.8, 4) is 0 Å². The molecule has 94 valence electrons. The quantitative estimate of drug-likeness (QED) is 0.559. The third kappa shape index (κ3) is 3.47. The number of morpholine rings is 1. The maximum absolute atomic E-state index is 5.76. The van der Waals surface area contributed by atoms with Crippen LogP contribution in [0.3, 0.4) is 0 Å². The van der Waals surface area contributed by atoms with Crippen LogP contribution in [0, 0.1) is 0 Å². The lowest BCUT2D eigenvalue weighted by Crippen LogP contribution is -2.54. The highest BCUT2D eigenvalue weighted by Gasteiger charge is 2.26. The summed E-state index contributed by atoms with van der Waals surface area (Å²) in [5.74, 6) is 5.62. The minimum absolute atomic E-state index is 0.104. The van der Waals surface area contributed by atoms with Gasteiger partial charge in [-0.15, -0.1) is 0 Å². The van der Waals surface area contributed by atoms with Gasteiger partial charge < -0.3 is 9.64 Å². The Bertz CT molecular complexity index is 333. The summed E-state index contributed by atoms with van der Waals surface area (Å²) >= 11 is 0. The summed E-state index contributed by atoms with van der Waals surface area (Å²) in [5.41, 5.74) is 3.88. The highest BCUT2D eigenvalue weighted by Crippen LogP contribution is 2.10. The van der Waals surface area contributed by atoms with Crippen LogP contribution < -0.4 is 11.3 Å². The molecule has 5 heteroatoms. The van der Waals surface area contributed by atoms with Crippen LogP contribution in [0.1, 0.15) is 5.69 Å². The van der Waals surface area contributed by atoms with E-state index in [2.05, 4.69) is 22.4 Å². The lowest BCUT2D eigenvalue weighted by atomic mass is 10.0. The lowest BCUT2D eigenvalue weighted by molar-refractivity contribution is -0.0386. The second-order valence-electron chi connectivity index (χ2n) is 4.47. The van der Waals surface area contributed by atoms with Gasteiger partial charge in [-0.2, -0.15) is 0 Å². The molecule has 0 spiro atoms. The number of hydrogen-bond acceptors (Lipinski definition) is 5. The molecule has 17 heavy (non-hydrogen) atoms. The fraction of sp³-hybridized carbons (Fsp3) is 0.583. The van der Waals surface area contributed by atoms with Gasteiger partial charge in [0.15, 0.2) is 0 Å². The first kappa shape index (κ1) is 12.4. The SMILES string of the molecule is CN1CCOC(C(Cc2ccccn2)NN)C1. The largest absolute Gasteiger partial charge is 0.374 e. The van der Waals surface area contributed by atoms with E-state index in [1.165, 1.54) is 0 Å². The summed E-state index contributed by atoms with van der Waals surface area (Å²) in [6.07, 6.45) is 2.72. The Hall–Kier alpha value is -1.01. The van der Waals surface area contributed by atoms with Crippen molar-refractivity contribution in [2.24, 2.45) is 5.84 Å². The van der Waals surface area contributed by atoms with Crippen LogP contribution in [0.2, 0.25) is 0 Å². The van der Waals surface area contributed by atoms with Crippen molar-refractivity contribution < 1.29 is 4.74 Å². The number of pyridine rings is 1. The number of hydrazine groups is 1. The van der Waals surface area contributed by atoms with E-state index >= 15 is 0 Å². The standard InChI is InChI=1S/C12H20N4O/c1-16-6-7-17-12(9-16)11(15-13)8-10-4-2-3-5-14-10/h2-5,11-12,15H,6-9,13H2,1H3. The fourth-order valence-electron chi connectivity index (χ4n) is 2.10. The number of ether oxygens (including phenoxy) is 1. The lowest BCUT2D eigenvalue weighted by Gasteiger charge is -2.34. The minimum Gasteiger partial charge on any atom is -0.374 e. The minimum atomic E-state index is 0.104. The molecule has 0 aliphatic carbocycles. The summed E-state index contributed by atoms with van der Waals surface area (Å²) in [7, 11) is 2.10. The van der Waals surface area contributed by atoms with E-state index in [-0.39, 0.29) is 12.1 Å². The van der Waals surface area contributed by atoms with Crippen molar-refractivity contribution in [2.75, 3.05) is 26.7 Å². The van der Waals surface area contributed by atoms with Crippen molar-refractivity contribution in [1.29, 1.82) is 0 Å². The zero-order chi connectivity index (χ0) is 12.1. The summed E-state index contributed by atoms with van der Waals surface area (Å²) in [6, 6.07) is 6.02. The van der Waals surface area contributed by atoms with Crippen molar-refractivity contribution in [1.82, 2.24) is 15.3 Å². The first-order valence-corrected chi connectivity index (χ1v) is 5.96. The van der Waals surface area contributed by atoms with Gasteiger partial charge in [0.25, 0.3) is 0 Å². The molecule has 1 aliphatic heterocycles. The number of likely N-dealkylation sites (N-methyl/N-ethyl adjacent to an activating group) is 1. The predicted molar refractivity (Wildman–Crippen MR) is 66.3 cm³/mol. The summed E-state index contributed by atoms with van der Waals surface area (Å²) in [5, 5.41) is 0. The molecule has 0 saturated carbocycles. The van der Waals surface area contributed by atoms with E-state index in [9.17, 15) is 0 Å². The maximum Gasteiger partial charge on any atom is 0.0872 e. The number of nitrogens with zero attached hydrogens (tertiary/aromatic N) is 2. The Morgan fingerprint density at radius 2 is 2.53 bits per heavy atom. The van der Waals surface area contributed by atoms with Gasteiger partial charge in [-0.3, -0.25) is 16.3 Å². The number of nitrogens with two attached hydrogens (primary N) is 1. The molecule has 2 atom stereocenters. The Labute approximate surface area is 102 Å². The maximum atomic E-state index is 5.76. The third-order valence-corrected chi connectivity index (χ3v) is 3.11.